The molecule has 0 radical (unpaired) electrons. The second-order valence-electron chi connectivity index (χ2n) is 6.12. The molecule has 0 bridgehead atoms. The van der Waals surface area contributed by atoms with Crippen LogP contribution in [-0.4, -0.2) is 5.11 Å². The predicted octanol–water partition coefficient (Wildman–Crippen LogP) is 3.65. The average molecular weight is 273 g/mol. The summed E-state index contributed by atoms with van der Waals surface area (Å²) in [6, 6.07) is 14.4. The Morgan fingerprint density at radius 3 is 2.25 bits per heavy atom. The van der Waals surface area contributed by atoms with Gasteiger partial charge in [0.05, 0.1) is 6.54 Å². The van der Waals surface area contributed by atoms with E-state index in [1.807, 2.05) is 18.2 Å². The number of aliphatic hydroxyl groups excluding tert-OH is 1. The van der Waals surface area contributed by atoms with Gasteiger partial charge in [-0.25, -0.2) is 0 Å². The highest BCUT2D eigenvalue weighted by atomic mass is 16.4. The SMILES string of the molecule is CC(C)(C)C(NCc1ccc(CO)o1)c1ccccc1. The lowest BCUT2D eigenvalue weighted by Gasteiger charge is -2.32. The molecule has 0 saturated carbocycles. The molecule has 0 fully saturated rings. The molecular weight excluding hydrogens is 250 g/mol. The summed E-state index contributed by atoms with van der Waals surface area (Å²) in [5.41, 5.74) is 1.38. The second-order valence-corrected chi connectivity index (χ2v) is 6.12. The number of aliphatic hydroxyl groups is 1. The fourth-order valence-electron chi connectivity index (χ4n) is 2.37. The molecule has 0 aliphatic carbocycles. The van der Waals surface area contributed by atoms with Gasteiger partial charge in [-0.2, -0.15) is 0 Å². The summed E-state index contributed by atoms with van der Waals surface area (Å²) < 4.78 is 5.52. The summed E-state index contributed by atoms with van der Waals surface area (Å²) in [4.78, 5) is 0. The van der Waals surface area contributed by atoms with E-state index in [0.717, 1.165) is 5.76 Å². The van der Waals surface area contributed by atoms with E-state index < -0.39 is 0 Å². The topological polar surface area (TPSA) is 45.4 Å². The van der Waals surface area contributed by atoms with Gasteiger partial charge in [0.2, 0.25) is 0 Å². The molecule has 1 heterocycles. The van der Waals surface area contributed by atoms with E-state index >= 15 is 0 Å². The van der Waals surface area contributed by atoms with Crippen LogP contribution in [0.3, 0.4) is 0 Å². The molecule has 2 aromatic rings. The highest BCUT2D eigenvalue weighted by Gasteiger charge is 2.25. The average Bonchev–Trinajstić information content (AvgIpc) is 2.87. The standard InChI is InChI=1S/C17H23NO2/c1-17(2,3)16(13-7-5-4-6-8-13)18-11-14-9-10-15(12-19)20-14/h4-10,16,18-19H,11-12H2,1-3H3. The Kier molecular flexibility index (Phi) is 4.63. The zero-order valence-electron chi connectivity index (χ0n) is 12.4. The number of hydrogen-bond donors (Lipinski definition) is 2. The number of hydrogen-bond acceptors (Lipinski definition) is 3. The van der Waals surface area contributed by atoms with Crippen molar-refractivity contribution in [3.63, 3.8) is 0 Å². The molecule has 3 nitrogen and oxygen atoms in total. The summed E-state index contributed by atoms with van der Waals surface area (Å²) in [5.74, 6) is 1.45. The lowest BCUT2D eigenvalue weighted by molar-refractivity contribution is 0.236. The van der Waals surface area contributed by atoms with Crippen molar-refractivity contribution in [1.29, 1.82) is 0 Å². The van der Waals surface area contributed by atoms with E-state index in [1.165, 1.54) is 5.56 Å². The Morgan fingerprint density at radius 2 is 1.70 bits per heavy atom. The maximum Gasteiger partial charge on any atom is 0.129 e. The molecule has 0 saturated heterocycles. The minimum atomic E-state index is -0.0542. The molecule has 0 spiro atoms. The Labute approximate surface area is 120 Å². The quantitative estimate of drug-likeness (QED) is 0.874. The van der Waals surface area contributed by atoms with Gasteiger partial charge < -0.3 is 14.8 Å². The van der Waals surface area contributed by atoms with Gasteiger partial charge in [-0.3, -0.25) is 0 Å². The molecule has 108 valence electrons. The molecule has 1 aromatic heterocycles. The molecule has 1 atom stereocenters. The van der Waals surface area contributed by atoms with Crippen LogP contribution in [0.5, 0.6) is 0 Å². The Hall–Kier alpha value is -1.58. The van der Waals surface area contributed by atoms with Crippen LogP contribution in [0.4, 0.5) is 0 Å². The van der Waals surface area contributed by atoms with Crippen LogP contribution in [0.25, 0.3) is 0 Å². The Morgan fingerprint density at radius 1 is 1.05 bits per heavy atom. The van der Waals surface area contributed by atoms with E-state index in [9.17, 15) is 0 Å². The zero-order valence-corrected chi connectivity index (χ0v) is 12.4. The second kappa shape index (κ2) is 6.25. The summed E-state index contributed by atoms with van der Waals surface area (Å²) in [7, 11) is 0. The summed E-state index contributed by atoms with van der Waals surface area (Å²) >= 11 is 0. The molecule has 20 heavy (non-hydrogen) atoms. The van der Waals surface area contributed by atoms with Crippen molar-refractivity contribution in [2.75, 3.05) is 0 Å². The summed E-state index contributed by atoms with van der Waals surface area (Å²) in [6.07, 6.45) is 0. The largest absolute Gasteiger partial charge is 0.462 e. The van der Waals surface area contributed by atoms with Gasteiger partial charge >= 0.3 is 0 Å². The third-order valence-corrected chi connectivity index (χ3v) is 3.35. The van der Waals surface area contributed by atoms with E-state index in [2.05, 4.69) is 50.4 Å². The Bertz CT molecular complexity index is 525. The summed E-state index contributed by atoms with van der Waals surface area (Å²) in [6.45, 7) is 7.26. The van der Waals surface area contributed by atoms with Crippen LogP contribution in [0.1, 0.15) is 43.9 Å². The molecular formula is C17H23NO2. The Balaban J connectivity index is 2.09. The van der Waals surface area contributed by atoms with E-state index in [0.29, 0.717) is 12.3 Å². The number of benzene rings is 1. The maximum absolute atomic E-state index is 9.02. The van der Waals surface area contributed by atoms with E-state index in [-0.39, 0.29) is 18.1 Å². The van der Waals surface area contributed by atoms with Crippen LogP contribution in [-0.2, 0) is 13.2 Å². The van der Waals surface area contributed by atoms with Gasteiger partial charge in [0.15, 0.2) is 0 Å². The normalized spacial score (nSPS) is 13.4. The van der Waals surface area contributed by atoms with E-state index in [1.54, 1.807) is 0 Å². The molecule has 1 aromatic carbocycles. The zero-order chi connectivity index (χ0) is 14.6. The third kappa shape index (κ3) is 3.71. The van der Waals surface area contributed by atoms with E-state index in [4.69, 9.17) is 9.52 Å². The van der Waals surface area contributed by atoms with Gasteiger partial charge in [0, 0.05) is 6.04 Å². The highest BCUT2D eigenvalue weighted by Crippen LogP contribution is 2.32. The lowest BCUT2D eigenvalue weighted by atomic mass is 9.82. The fourth-order valence-corrected chi connectivity index (χ4v) is 2.37. The van der Waals surface area contributed by atoms with Crippen molar-refractivity contribution in [2.45, 2.75) is 40.0 Å². The van der Waals surface area contributed by atoms with Crippen LogP contribution in [0.2, 0.25) is 0 Å². The highest BCUT2D eigenvalue weighted by molar-refractivity contribution is 5.21. The third-order valence-electron chi connectivity index (χ3n) is 3.35. The maximum atomic E-state index is 9.02. The minimum absolute atomic E-state index is 0.0542. The van der Waals surface area contributed by atoms with Gasteiger partial charge in [-0.05, 0) is 23.1 Å². The first kappa shape index (κ1) is 14.8. The van der Waals surface area contributed by atoms with Crippen LogP contribution in [0, 0.1) is 5.41 Å². The molecule has 0 aliphatic rings. The molecule has 1 unspecified atom stereocenters. The number of nitrogens with one attached hydrogen (secondary N) is 1. The van der Waals surface area contributed by atoms with Crippen molar-refractivity contribution >= 4 is 0 Å². The first-order valence-corrected chi connectivity index (χ1v) is 6.97. The van der Waals surface area contributed by atoms with Crippen molar-refractivity contribution in [3.05, 3.63) is 59.5 Å². The van der Waals surface area contributed by atoms with Crippen LogP contribution in [0.15, 0.2) is 46.9 Å². The van der Waals surface area contributed by atoms with Crippen LogP contribution >= 0.6 is 0 Å². The number of rotatable bonds is 5. The molecule has 2 rings (SSSR count). The summed E-state index contributed by atoms with van der Waals surface area (Å²) in [5, 5.41) is 12.6. The van der Waals surface area contributed by atoms with Crippen LogP contribution < -0.4 is 5.32 Å². The van der Waals surface area contributed by atoms with Gasteiger partial charge in [0.25, 0.3) is 0 Å². The van der Waals surface area contributed by atoms with Gasteiger partial charge in [-0.1, -0.05) is 51.1 Å². The van der Waals surface area contributed by atoms with Crippen molar-refractivity contribution < 1.29 is 9.52 Å². The lowest BCUT2D eigenvalue weighted by Crippen LogP contribution is -2.31. The van der Waals surface area contributed by atoms with Gasteiger partial charge in [-0.15, -0.1) is 0 Å². The fraction of sp³-hybridized carbons (Fsp3) is 0.412. The van der Waals surface area contributed by atoms with Crippen molar-refractivity contribution in [2.24, 2.45) is 5.41 Å². The molecule has 2 N–H and O–H groups in total. The monoisotopic (exact) mass is 273 g/mol. The first-order chi connectivity index (χ1) is 9.50. The van der Waals surface area contributed by atoms with Crippen molar-refractivity contribution in [3.8, 4) is 0 Å². The minimum Gasteiger partial charge on any atom is -0.462 e. The molecule has 0 amide bonds. The molecule has 3 heteroatoms. The smallest absolute Gasteiger partial charge is 0.129 e. The van der Waals surface area contributed by atoms with Gasteiger partial charge in [0.1, 0.15) is 18.1 Å². The predicted molar refractivity (Wildman–Crippen MR) is 80.1 cm³/mol. The number of furan rings is 1. The van der Waals surface area contributed by atoms with Crippen molar-refractivity contribution in [1.82, 2.24) is 5.32 Å². The first-order valence-electron chi connectivity index (χ1n) is 6.97. The molecule has 0 aliphatic heterocycles.